The van der Waals surface area contributed by atoms with Crippen molar-refractivity contribution in [3.8, 4) is 0 Å². The van der Waals surface area contributed by atoms with Gasteiger partial charge in [-0.2, -0.15) is 0 Å². The molecule has 1 aromatic rings. The Morgan fingerprint density at radius 2 is 2.00 bits per heavy atom. The van der Waals surface area contributed by atoms with Crippen LogP contribution in [0.2, 0.25) is 0 Å². The van der Waals surface area contributed by atoms with Gasteiger partial charge in [0.2, 0.25) is 0 Å². The van der Waals surface area contributed by atoms with E-state index in [1.807, 2.05) is 0 Å². The van der Waals surface area contributed by atoms with Gasteiger partial charge in [0, 0.05) is 19.4 Å². The van der Waals surface area contributed by atoms with Gasteiger partial charge in [-0.05, 0) is 6.42 Å². The average molecular weight is 332 g/mol. The monoisotopic (exact) mass is 332 g/mol. The first kappa shape index (κ1) is 17.8. The van der Waals surface area contributed by atoms with Crippen molar-refractivity contribution in [2.45, 2.75) is 37.6 Å². The molecule has 2 rings (SSSR count). The minimum Gasteiger partial charge on any atom is -0.396 e. The summed E-state index contributed by atoms with van der Waals surface area (Å²) in [5, 5.41) is 37.4. The molecule has 23 heavy (non-hydrogen) atoms. The van der Waals surface area contributed by atoms with Crippen LogP contribution in [0.15, 0.2) is 15.8 Å². The highest BCUT2D eigenvalue weighted by Gasteiger charge is 2.43. The van der Waals surface area contributed by atoms with Crippen molar-refractivity contribution in [3.05, 3.63) is 32.6 Å². The highest BCUT2D eigenvalue weighted by atomic mass is 16.6. The molecular formula is C13H20N2O8. The largest absolute Gasteiger partial charge is 0.396 e. The number of aliphatic hydroxyl groups excluding tert-OH is 4. The maximum absolute atomic E-state index is 11.9. The summed E-state index contributed by atoms with van der Waals surface area (Å²) in [6.07, 6.45) is -3.46. The van der Waals surface area contributed by atoms with Crippen LogP contribution in [-0.2, 0) is 16.1 Å². The maximum atomic E-state index is 11.9. The molecule has 10 heteroatoms. The average Bonchev–Trinajstić information content (AvgIpc) is 2.81. The van der Waals surface area contributed by atoms with Crippen molar-refractivity contribution in [2.24, 2.45) is 0 Å². The van der Waals surface area contributed by atoms with E-state index in [0.717, 1.165) is 4.57 Å². The molecule has 5 N–H and O–H groups in total. The highest BCUT2D eigenvalue weighted by molar-refractivity contribution is 5.05. The zero-order valence-electron chi connectivity index (χ0n) is 12.3. The minimum absolute atomic E-state index is 0.0433. The molecule has 130 valence electrons. The fourth-order valence-electron chi connectivity index (χ4n) is 2.28. The Morgan fingerprint density at radius 1 is 1.26 bits per heavy atom. The summed E-state index contributed by atoms with van der Waals surface area (Å²) in [5.74, 6) is 0. The summed E-state index contributed by atoms with van der Waals surface area (Å²) >= 11 is 0. The lowest BCUT2D eigenvalue weighted by Crippen LogP contribution is -2.39. The normalized spacial score (nSPS) is 27.5. The standard InChI is InChI=1S/C13H20N2O8/c16-2-1-3-22-6-7-4-15(13(21)14-11(7)20)12-10(19)9(18)8(5-17)23-12/h4,8-10,12,16-19H,1-3,5-6H2,(H,14,20,21). The molecule has 1 saturated heterocycles. The number of aliphatic hydroxyl groups is 4. The molecule has 0 bridgehead atoms. The number of hydrogen-bond acceptors (Lipinski definition) is 8. The number of aromatic amines is 1. The molecule has 0 spiro atoms. The van der Waals surface area contributed by atoms with Gasteiger partial charge < -0.3 is 29.9 Å². The Balaban J connectivity index is 2.22. The van der Waals surface area contributed by atoms with Crippen LogP contribution in [0.1, 0.15) is 18.2 Å². The van der Waals surface area contributed by atoms with Crippen LogP contribution >= 0.6 is 0 Å². The Kier molecular flexibility index (Phi) is 6.04. The molecule has 0 aromatic carbocycles. The van der Waals surface area contributed by atoms with Gasteiger partial charge in [-0.25, -0.2) is 4.79 Å². The van der Waals surface area contributed by atoms with E-state index in [2.05, 4.69) is 4.98 Å². The fourth-order valence-corrected chi connectivity index (χ4v) is 2.28. The Morgan fingerprint density at radius 3 is 2.61 bits per heavy atom. The van der Waals surface area contributed by atoms with Gasteiger partial charge in [0.15, 0.2) is 6.23 Å². The first-order valence-electron chi connectivity index (χ1n) is 7.15. The van der Waals surface area contributed by atoms with Crippen LogP contribution in [0.5, 0.6) is 0 Å². The van der Waals surface area contributed by atoms with Gasteiger partial charge in [0.1, 0.15) is 18.3 Å². The summed E-state index contributed by atoms with van der Waals surface area (Å²) in [6.45, 7) is -0.421. The number of rotatable bonds is 7. The lowest BCUT2D eigenvalue weighted by molar-refractivity contribution is -0.0553. The molecule has 0 aliphatic carbocycles. The molecule has 2 heterocycles. The predicted molar refractivity (Wildman–Crippen MR) is 75.7 cm³/mol. The second-order valence-electron chi connectivity index (χ2n) is 5.18. The van der Waals surface area contributed by atoms with Crippen LogP contribution in [0.3, 0.4) is 0 Å². The molecule has 1 aromatic heterocycles. The van der Waals surface area contributed by atoms with Crippen molar-refractivity contribution in [3.63, 3.8) is 0 Å². The molecule has 4 unspecified atom stereocenters. The topological polar surface area (TPSA) is 154 Å². The quantitative estimate of drug-likeness (QED) is 0.332. The van der Waals surface area contributed by atoms with Gasteiger partial charge in [0.25, 0.3) is 5.56 Å². The van der Waals surface area contributed by atoms with E-state index < -0.39 is 42.4 Å². The molecule has 0 saturated carbocycles. The first-order valence-corrected chi connectivity index (χ1v) is 7.15. The van der Waals surface area contributed by atoms with Crippen molar-refractivity contribution in [2.75, 3.05) is 19.8 Å². The van der Waals surface area contributed by atoms with E-state index in [4.69, 9.17) is 19.7 Å². The van der Waals surface area contributed by atoms with Crippen molar-refractivity contribution in [1.29, 1.82) is 0 Å². The lowest BCUT2D eigenvalue weighted by atomic mass is 10.1. The fraction of sp³-hybridized carbons (Fsp3) is 0.692. The predicted octanol–water partition coefficient (Wildman–Crippen LogP) is -2.95. The Hall–Kier alpha value is -1.56. The van der Waals surface area contributed by atoms with Crippen molar-refractivity contribution >= 4 is 0 Å². The van der Waals surface area contributed by atoms with Gasteiger partial charge >= 0.3 is 5.69 Å². The van der Waals surface area contributed by atoms with Crippen LogP contribution in [-0.4, -0.2) is 68.1 Å². The lowest BCUT2D eigenvalue weighted by Gasteiger charge is -2.18. The molecule has 10 nitrogen and oxygen atoms in total. The van der Waals surface area contributed by atoms with E-state index in [1.165, 1.54) is 6.20 Å². The summed E-state index contributed by atoms with van der Waals surface area (Å²) in [4.78, 5) is 25.7. The summed E-state index contributed by atoms with van der Waals surface area (Å²) in [7, 11) is 0. The summed E-state index contributed by atoms with van der Waals surface area (Å²) < 4.78 is 11.4. The number of H-pyrrole nitrogens is 1. The Labute approximate surface area is 130 Å². The van der Waals surface area contributed by atoms with Crippen molar-refractivity contribution in [1.82, 2.24) is 9.55 Å². The third kappa shape index (κ3) is 3.86. The second-order valence-corrected chi connectivity index (χ2v) is 5.18. The second kappa shape index (κ2) is 7.81. The zero-order valence-corrected chi connectivity index (χ0v) is 12.3. The summed E-state index contributed by atoms with van der Waals surface area (Å²) in [6, 6.07) is 0. The number of ether oxygens (including phenoxy) is 2. The van der Waals surface area contributed by atoms with E-state index >= 15 is 0 Å². The van der Waals surface area contributed by atoms with Crippen LogP contribution in [0, 0.1) is 0 Å². The third-order valence-corrected chi connectivity index (χ3v) is 3.54. The molecule has 1 fully saturated rings. The number of nitrogens with zero attached hydrogens (tertiary/aromatic N) is 1. The van der Waals surface area contributed by atoms with E-state index in [1.54, 1.807) is 0 Å². The number of hydrogen-bond donors (Lipinski definition) is 5. The van der Waals surface area contributed by atoms with E-state index in [9.17, 15) is 19.8 Å². The minimum atomic E-state index is -1.43. The molecule has 4 atom stereocenters. The molecule has 1 aliphatic heterocycles. The molecular weight excluding hydrogens is 312 g/mol. The highest BCUT2D eigenvalue weighted by Crippen LogP contribution is 2.27. The van der Waals surface area contributed by atoms with Crippen LogP contribution in [0.4, 0.5) is 0 Å². The molecule has 0 amide bonds. The number of aromatic nitrogens is 2. The van der Waals surface area contributed by atoms with Crippen LogP contribution < -0.4 is 11.2 Å². The SMILES string of the molecule is O=c1[nH]c(=O)n(C2OC(CO)C(O)C2O)cc1COCCCO. The van der Waals surface area contributed by atoms with E-state index in [0.29, 0.717) is 6.42 Å². The molecule has 1 aliphatic rings. The third-order valence-electron chi connectivity index (χ3n) is 3.54. The maximum Gasteiger partial charge on any atom is 0.330 e. The smallest absolute Gasteiger partial charge is 0.330 e. The Bertz CT molecular complexity index is 627. The number of nitrogens with one attached hydrogen (secondary N) is 1. The first-order chi connectivity index (χ1) is 11.0. The summed E-state index contributed by atoms with van der Waals surface area (Å²) in [5.41, 5.74) is -1.33. The van der Waals surface area contributed by atoms with E-state index in [-0.39, 0.29) is 25.4 Å². The van der Waals surface area contributed by atoms with Gasteiger partial charge in [-0.1, -0.05) is 0 Å². The molecule has 0 radical (unpaired) electrons. The van der Waals surface area contributed by atoms with Gasteiger partial charge in [-0.3, -0.25) is 14.3 Å². The van der Waals surface area contributed by atoms with Gasteiger partial charge in [0.05, 0.1) is 18.8 Å². The zero-order chi connectivity index (χ0) is 17.0. The van der Waals surface area contributed by atoms with Crippen LogP contribution in [0.25, 0.3) is 0 Å². The van der Waals surface area contributed by atoms with Crippen molar-refractivity contribution < 1.29 is 29.9 Å². The van der Waals surface area contributed by atoms with Gasteiger partial charge in [-0.15, -0.1) is 0 Å².